The van der Waals surface area contributed by atoms with E-state index in [-0.39, 0.29) is 22.9 Å². The molecule has 1 aliphatic rings. The van der Waals surface area contributed by atoms with Gasteiger partial charge in [-0.25, -0.2) is 4.98 Å². The van der Waals surface area contributed by atoms with Crippen molar-refractivity contribution in [2.45, 2.75) is 38.0 Å². The van der Waals surface area contributed by atoms with Crippen LogP contribution in [0.2, 0.25) is 5.02 Å². The van der Waals surface area contributed by atoms with Crippen LogP contribution in [0.1, 0.15) is 31.2 Å². The normalized spacial score (nSPS) is 23.6. The van der Waals surface area contributed by atoms with Gasteiger partial charge in [-0.3, -0.25) is 0 Å². The minimum absolute atomic E-state index is 0.0647. The van der Waals surface area contributed by atoms with Crippen molar-refractivity contribution >= 4 is 17.4 Å². The van der Waals surface area contributed by atoms with E-state index in [1.165, 1.54) is 0 Å². The first-order chi connectivity index (χ1) is 9.38. The lowest BCUT2D eigenvalue weighted by Gasteiger charge is -2.27. The number of alkyl halides is 3. The fourth-order valence-corrected chi connectivity index (χ4v) is 2.61. The van der Waals surface area contributed by atoms with Gasteiger partial charge in [-0.05, 0) is 18.9 Å². The highest BCUT2D eigenvalue weighted by Crippen LogP contribution is 2.32. The third-order valence-corrected chi connectivity index (χ3v) is 3.86. The zero-order chi connectivity index (χ0) is 14.8. The molecule has 0 saturated heterocycles. The molecule has 0 aliphatic heterocycles. The van der Waals surface area contributed by atoms with Gasteiger partial charge in [-0.1, -0.05) is 24.4 Å². The fraction of sp³-hybridized carbons (Fsp3) is 0.615. The van der Waals surface area contributed by atoms with E-state index >= 15 is 0 Å². The van der Waals surface area contributed by atoms with Crippen molar-refractivity contribution in [2.75, 3.05) is 11.9 Å². The molecule has 1 aromatic heterocycles. The average Bonchev–Trinajstić information content (AvgIpc) is 2.38. The SMILES string of the molecule is OC1CCCCC1CNc1ncc(C(F)(F)F)cc1Cl. The molecule has 1 aromatic rings. The molecule has 20 heavy (non-hydrogen) atoms. The first-order valence-electron chi connectivity index (χ1n) is 6.52. The maximum absolute atomic E-state index is 12.5. The second kappa shape index (κ2) is 6.18. The average molecular weight is 309 g/mol. The number of hydrogen-bond acceptors (Lipinski definition) is 3. The number of rotatable bonds is 3. The molecule has 0 aromatic carbocycles. The predicted molar refractivity (Wildman–Crippen MR) is 70.7 cm³/mol. The van der Waals surface area contributed by atoms with Crippen molar-refractivity contribution in [3.63, 3.8) is 0 Å². The van der Waals surface area contributed by atoms with Crippen LogP contribution < -0.4 is 5.32 Å². The van der Waals surface area contributed by atoms with Gasteiger partial charge < -0.3 is 10.4 Å². The maximum Gasteiger partial charge on any atom is 0.417 e. The molecule has 1 saturated carbocycles. The summed E-state index contributed by atoms with van der Waals surface area (Å²) in [4.78, 5) is 3.71. The highest BCUT2D eigenvalue weighted by Gasteiger charge is 2.31. The Labute approximate surface area is 120 Å². The van der Waals surface area contributed by atoms with Crippen molar-refractivity contribution in [3.05, 3.63) is 22.8 Å². The lowest BCUT2D eigenvalue weighted by molar-refractivity contribution is -0.137. The number of hydrogen-bond donors (Lipinski definition) is 2. The summed E-state index contributed by atoms with van der Waals surface area (Å²) in [6, 6.07) is 0.855. The van der Waals surface area contributed by atoms with Crippen molar-refractivity contribution in [3.8, 4) is 0 Å². The Morgan fingerprint density at radius 1 is 1.35 bits per heavy atom. The second-order valence-corrected chi connectivity index (χ2v) is 5.45. The Kier molecular flexibility index (Phi) is 4.75. The Morgan fingerprint density at radius 2 is 2.05 bits per heavy atom. The molecule has 2 atom stereocenters. The van der Waals surface area contributed by atoms with Crippen LogP contribution in [0.15, 0.2) is 12.3 Å². The molecule has 1 fully saturated rings. The summed E-state index contributed by atoms with van der Waals surface area (Å²) in [7, 11) is 0. The third kappa shape index (κ3) is 3.76. The Bertz CT molecular complexity index is 467. The molecule has 0 bridgehead atoms. The number of aliphatic hydroxyl groups is 1. The van der Waals surface area contributed by atoms with Gasteiger partial charge in [0.2, 0.25) is 0 Å². The van der Waals surface area contributed by atoms with Gasteiger partial charge in [0.1, 0.15) is 5.82 Å². The van der Waals surface area contributed by atoms with Crippen LogP contribution >= 0.6 is 11.6 Å². The van der Waals surface area contributed by atoms with Crippen LogP contribution in [0.25, 0.3) is 0 Å². The molecule has 112 valence electrons. The number of nitrogens with zero attached hydrogens (tertiary/aromatic N) is 1. The second-order valence-electron chi connectivity index (χ2n) is 5.04. The van der Waals surface area contributed by atoms with Gasteiger partial charge in [-0.2, -0.15) is 13.2 Å². The Hall–Kier alpha value is -1.01. The number of anilines is 1. The fourth-order valence-electron chi connectivity index (χ4n) is 2.38. The monoisotopic (exact) mass is 308 g/mol. The van der Waals surface area contributed by atoms with Gasteiger partial charge in [-0.15, -0.1) is 0 Å². The summed E-state index contributed by atoms with van der Waals surface area (Å²) in [5.41, 5.74) is -0.870. The van der Waals surface area contributed by atoms with Gasteiger partial charge in [0.25, 0.3) is 0 Å². The largest absolute Gasteiger partial charge is 0.417 e. The highest BCUT2D eigenvalue weighted by atomic mass is 35.5. The van der Waals surface area contributed by atoms with E-state index in [9.17, 15) is 18.3 Å². The quantitative estimate of drug-likeness (QED) is 0.894. The van der Waals surface area contributed by atoms with Crippen molar-refractivity contribution in [2.24, 2.45) is 5.92 Å². The minimum Gasteiger partial charge on any atom is -0.393 e. The molecule has 0 radical (unpaired) electrons. The molecule has 1 heterocycles. The molecular formula is C13H16ClF3N2O. The topological polar surface area (TPSA) is 45.1 Å². The summed E-state index contributed by atoms with van der Waals surface area (Å²) < 4.78 is 37.4. The molecule has 7 heteroatoms. The first kappa shape index (κ1) is 15.4. The summed E-state index contributed by atoms with van der Waals surface area (Å²) in [5, 5.41) is 12.7. The number of aromatic nitrogens is 1. The Morgan fingerprint density at radius 3 is 2.65 bits per heavy atom. The van der Waals surface area contributed by atoms with Crippen LogP contribution in [0.4, 0.5) is 19.0 Å². The summed E-state index contributed by atoms with van der Waals surface area (Å²) in [6.45, 7) is 0.458. The van der Waals surface area contributed by atoms with E-state index in [4.69, 9.17) is 11.6 Å². The van der Waals surface area contributed by atoms with E-state index in [1.807, 2.05) is 0 Å². The first-order valence-corrected chi connectivity index (χ1v) is 6.90. The predicted octanol–water partition coefficient (Wildman–Crippen LogP) is 3.72. The molecule has 0 spiro atoms. The summed E-state index contributed by atoms with van der Waals surface area (Å²) in [5.74, 6) is 0.307. The molecule has 1 aliphatic carbocycles. The number of pyridine rings is 1. The maximum atomic E-state index is 12.5. The van der Waals surface area contributed by atoms with Gasteiger partial charge in [0.05, 0.1) is 16.7 Å². The van der Waals surface area contributed by atoms with Crippen molar-refractivity contribution in [1.82, 2.24) is 4.98 Å². The van der Waals surface area contributed by atoms with E-state index in [2.05, 4.69) is 10.3 Å². The summed E-state index contributed by atoms with van der Waals surface area (Å²) >= 11 is 5.80. The van der Waals surface area contributed by atoms with E-state index < -0.39 is 11.7 Å². The van der Waals surface area contributed by atoms with Gasteiger partial charge in [0.15, 0.2) is 0 Å². The van der Waals surface area contributed by atoms with Crippen LogP contribution in [-0.2, 0) is 6.18 Å². The third-order valence-electron chi connectivity index (χ3n) is 3.57. The molecule has 2 rings (SSSR count). The lowest BCUT2D eigenvalue weighted by atomic mass is 9.86. The molecule has 3 nitrogen and oxygen atoms in total. The zero-order valence-electron chi connectivity index (χ0n) is 10.8. The number of aliphatic hydroxyl groups excluding tert-OH is 1. The smallest absolute Gasteiger partial charge is 0.393 e. The molecular weight excluding hydrogens is 293 g/mol. The highest BCUT2D eigenvalue weighted by molar-refractivity contribution is 6.32. The van der Waals surface area contributed by atoms with Crippen LogP contribution in [-0.4, -0.2) is 22.7 Å². The zero-order valence-corrected chi connectivity index (χ0v) is 11.5. The van der Waals surface area contributed by atoms with Crippen LogP contribution in [0.5, 0.6) is 0 Å². The lowest BCUT2D eigenvalue weighted by Crippen LogP contribution is -2.30. The van der Waals surface area contributed by atoms with Gasteiger partial charge in [0, 0.05) is 18.7 Å². The van der Waals surface area contributed by atoms with E-state index in [0.717, 1.165) is 37.9 Å². The number of halogens is 4. The standard InChI is InChI=1S/C13H16ClF3N2O/c14-10-5-9(13(15,16)17)7-19-12(10)18-6-8-3-1-2-4-11(8)20/h5,7-8,11,20H,1-4,6H2,(H,18,19). The van der Waals surface area contributed by atoms with Crippen LogP contribution in [0, 0.1) is 5.92 Å². The van der Waals surface area contributed by atoms with Crippen molar-refractivity contribution < 1.29 is 18.3 Å². The molecule has 2 unspecified atom stereocenters. The molecule has 0 amide bonds. The summed E-state index contributed by atoms with van der Waals surface area (Å²) in [6.07, 6.45) is -0.341. The van der Waals surface area contributed by atoms with E-state index in [1.54, 1.807) is 0 Å². The molecule has 2 N–H and O–H groups in total. The number of nitrogens with one attached hydrogen (secondary N) is 1. The van der Waals surface area contributed by atoms with Crippen molar-refractivity contribution in [1.29, 1.82) is 0 Å². The minimum atomic E-state index is -4.45. The Balaban J connectivity index is 1.99. The van der Waals surface area contributed by atoms with Gasteiger partial charge >= 0.3 is 6.18 Å². The van der Waals surface area contributed by atoms with E-state index in [0.29, 0.717) is 6.54 Å². The van der Waals surface area contributed by atoms with Crippen LogP contribution in [0.3, 0.4) is 0 Å².